The standard InChI is InChI=1S/C14H17ClO2/c1-8(2)11-6-10(15)7-12(14(11)17-3)13(16)9-4-5-9/h6-9H,4-5H2,1-3H3. The van der Waals surface area contributed by atoms with Crippen molar-refractivity contribution in [1.82, 2.24) is 0 Å². The minimum absolute atomic E-state index is 0.172. The zero-order valence-electron chi connectivity index (χ0n) is 10.4. The summed E-state index contributed by atoms with van der Waals surface area (Å²) in [6.07, 6.45) is 1.98. The van der Waals surface area contributed by atoms with Crippen LogP contribution in [0.25, 0.3) is 0 Å². The molecule has 0 radical (unpaired) electrons. The highest BCUT2D eigenvalue weighted by Crippen LogP contribution is 2.39. The van der Waals surface area contributed by atoms with E-state index in [0.29, 0.717) is 16.3 Å². The van der Waals surface area contributed by atoms with Crippen molar-refractivity contribution in [2.45, 2.75) is 32.6 Å². The first-order valence-corrected chi connectivity index (χ1v) is 6.34. The van der Waals surface area contributed by atoms with Crippen LogP contribution in [-0.2, 0) is 0 Å². The molecule has 92 valence electrons. The van der Waals surface area contributed by atoms with Gasteiger partial charge in [-0.15, -0.1) is 0 Å². The molecule has 0 amide bonds. The number of methoxy groups -OCH3 is 1. The Kier molecular flexibility index (Phi) is 3.43. The third-order valence-electron chi connectivity index (χ3n) is 3.12. The van der Waals surface area contributed by atoms with Gasteiger partial charge in [0.2, 0.25) is 0 Å². The number of ether oxygens (including phenoxy) is 1. The van der Waals surface area contributed by atoms with E-state index in [9.17, 15) is 4.79 Å². The van der Waals surface area contributed by atoms with Crippen molar-refractivity contribution in [3.8, 4) is 5.75 Å². The van der Waals surface area contributed by atoms with Crippen LogP contribution in [0, 0.1) is 5.92 Å². The fourth-order valence-electron chi connectivity index (χ4n) is 2.02. The number of ketones is 1. The van der Waals surface area contributed by atoms with Crippen molar-refractivity contribution in [1.29, 1.82) is 0 Å². The van der Waals surface area contributed by atoms with E-state index in [2.05, 4.69) is 13.8 Å². The molecular formula is C14H17ClO2. The summed E-state index contributed by atoms with van der Waals surface area (Å²) in [6.45, 7) is 4.14. The number of hydrogen-bond acceptors (Lipinski definition) is 2. The molecule has 0 aromatic heterocycles. The van der Waals surface area contributed by atoms with Gasteiger partial charge in [-0.25, -0.2) is 0 Å². The largest absolute Gasteiger partial charge is 0.496 e. The summed E-state index contributed by atoms with van der Waals surface area (Å²) >= 11 is 6.08. The Balaban J connectivity index is 2.52. The van der Waals surface area contributed by atoms with Gasteiger partial charge in [0.25, 0.3) is 0 Å². The number of rotatable bonds is 4. The normalized spacial score (nSPS) is 15.1. The van der Waals surface area contributed by atoms with Crippen molar-refractivity contribution in [3.05, 3.63) is 28.3 Å². The smallest absolute Gasteiger partial charge is 0.169 e. The van der Waals surface area contributed by atoms with E-state index in [1.807, 2.05) is 6.07 Å². The molecule has 0 bridgehead atoms. The number of halogens is 1. The summed E-state index contributed by atoms with van der Waals surface area (Å²) < 4.78 is 5.41. The lowest BCUT2D eigenvalue weighted by atomic mass is 9.96. The van der Waals surface area contributed by atoms with Crippen LogP contribution in [0.15, 0.2) is 12.1 Å². The highest BCUT2D eigenvalue weighted by atomic mass is 35.5. The zero-order chi connectivity index (χ0) is 12.6. The molecule has 1 aliphatic rings. The van der Waals surface area contributed by atoms with Crippen LogP contribution in [0.1, 0.15) is 48.5 Å². The van der Waals surface area contributed by atoms with E-state index < -0.39 is 0 Å². The van der Waals surface area contributed by atoms with Crippen LogP contribution in [0.3, 0.4) is 0 Å². The Bertz CT molecular complexity index is 448. The Labute approximate surface area is 107 Å². The SMILES string of the molecule is COc1c(C(=O)C2CC2)cc(Cl)cc1C(C)C. The van der Waals surface area contributed by atoms with Crippen molar-refractivity contribution < 1.29 is 9.53 Å². The van der Waals surface area contributed by atoms with E-state index in [4.69, 9.17) is 16.3 Å². The van der Waals surface area contributed by atoms with Gasteiger partial charge >= 0.3 is 0 Å². The lowest BCUT2D eigenvalue weighted by Crippen LogP contribution is -2.07. The number of carbonyl (C=O) groups excluding carboxylic acids is 1. The highest BCUT2D eigenvalue weighted by Gasteiger charge is 2.33. The molecule has 0 N–H and O–H groups in total. The first-order valence-electron chi connectivity index (χ1n) is 5.96. The van der Waals surface area contributed by atoms with Gasteiger partial charge in [0.05, 0.1) is 12.7 Å². The Hall–Kier alpha value is -1.02. The summed E-state index contributed by atoms with van der Waals surface area (Å²) in [5.41, 5.74) is 1.65. The molecule has 1 saturated carbocycles. The third kappa shape index (κ3) is 2.47. The molecule has 1 aliphatic carbocycles. The number of benzene rings is 1. The quantitative estimate of drug-likeness (QED) is 0.756. The molecule has 1 aromatic carbocycles. The maximum atomic E-state index is 12.2. The van der Waals surface area contributed by atoms with Crippen molar-refractivity contribution in [3.63, 3.8) is 0 Å². The molecule has 0 saturated heterocycles. The first kappa shape index (κ1) is 12.4. The average Bonchev–Trinajstić information content (AvgIpc) is 3.10. The predicted molar refractivity (Wildman–Crippen MR) is 69.1 cm³/mol. The van der Waals surface area contributed by atoms with Crippen LogP contribution in [0.4, 0.5) is 0 Å². The molecule has 17 heavy (non-hydrogen) atoms. The molecule has 0 atom stereocenters. The second-order valence-corrected chi connectivity index (χ2v) is 5.31. The predicted octanol–water partition coefficient (Wildman–Crippen LogP) is 4.06. The van der Waals surface area contributed by atoms with Crippen LogP contribution < -0.4 is 4.74 Å². The average molecular weight is 253 g/mol. The van der Waals surface area contributed by atoms with Crippen molar-refractivity contribution in [2.24, 2.45) is 5.92 Å². The Morgan fingerprint density at radius 2 is 2.06 bits per heavy atom. The number of hydrogen-bond donors (Lipinski definition) is 0. The summed E-state index contributed by atoms with van der Waals surface area (Å²) in [7, 11) is 1.61. The number of Topliss-reactive ketones (excluding diaryl/α,β-unsaturated/α-hetero) is 1. The molecule has 2 nitrogen and oxygen atoms in total. The summed E-state index contributed by atoms with van der Waals surface area (Å²) in [5, 5.41) is 0.610. The van der Waals surface area contributed by atoms with Gasteiger partial charge in [-0.05, 0) is 36.5 Å². The summed E-state index contributed by atoms with van der Waals surface area (Å²) in [5.74, 6) is 1.34. The van der Waals surface area contributed by atoms with Crippen LogP contribution in [0.2, 0.25) is 5.02 Å². The molecule has 1 aromatic rings. The second-order valence-electron chi connectivity index (χ2n) is 4.87. The highest BCUT2D eigenvalue weighted by molar-refractivity contribution is 6.31. The molecule has 0 spiro atoms. The topological polar surface area (TPSA) is 26.3 Å². The van der Waals surface area contributed by atoms with Gasteiger partial charge in [-0.3, -0.25) is 4.79 Å². The molecule has 3 heteroatoms. The van der Waals surface area contributed by atoms with E-state index in [0.717, 1.165) is 18.4 Å². The lowest BCUT2D eigenvalue weighted by Gasteiger charge is -2.16. The molecule has 0 heterocycles. The van der Waals surface area contributed by atoms with E-state index >= 15 is 0 Å². The maximum Gasteiger partial charge on any atom is 0.169 e. The molecule has 0 unspecified atom stereocenters. The van der Waals surface area contributed by atoms with Gasteiger partial charge < -0.3 is 4.74 Å². The van der Waals surface area contributed by atoms with E-state index in [1.165, 1.54) is 0 Å². The van der Waals surface area contributed by atoms with E-state index in [-0.39, 0.29) is 17.6 Å². The summed E-state index contributed by atoms with van der Waals surface area (Å²) in [4.78, 5) is 12.2. The van der Waals surface area contributed by atoms with Gasteiger partial charge in [0, 0.05) is 10.9 Å². The fraction of sp³-hybridized carbons (Fsp3) is 0.500. The molecule has 0 aliphatic heterocycles. The van der Waals surface area contributed by atoms with Gasteiger partial charge in [-0.2, -0.15) is 0 Å². The van der Waals surface area contributed by atoms with Crippen molar-refractivity contribution in [2.75, 3.05) is 7.11 Å². The Morgan fingerprint density at radius 3 is 2.53 bits per heavy atom. The van der Waals surface area contributed by atoms with Gasteiger partial charge in [0.1, 0.15) is 5.75 Å². The van der Waals surface area contributed by atoms with Crippen molar-refractivity contribution >= 4 is 17.4 Å². The first-order chi connectivity index (χ1) is 8.04. The summed E-state index contributed by atoms with van der Waals surface area (Å²) in [6, 6.07) is 3.61. The van der Waals surface area contributed by atoms with Crippen LogP contribution >= 0.6 is 11.6 Å². The van der Waals surface area contributed by atoms with Gasteiger partial charge in [-0.1, -0.05) is 25.4 Å². The van der Waals surface area contributed by atoms with Gasteiger partial charge in [0.15, 0.2) is 5.78 Å². The fourth-order valence-corrected chi connectivity index (χ4v) is 2.25. The monoisotopic (exact) mass is 252 g/mol. The second kappa shape index (κ2) is 4.69. The number of carbonyl (C=O) groups is 1. The van der Waals surface area contributed by atoms with Crippen LogP contribution in [0.5, 0.6) is 5.75 Å². The third-order valence-corrected chi connectivity index (χ3v) is 3.34. The molecular weight excluding hydrogens is 236 g/mol. The van der Waals surface area contributed by atoms with Crippen LogP contribution in [-0.4, -0.2) is 12.9 Å². The van der Waals surface area contributed by atoms with E-state index in [1.54, 1.807) is 13.2 Å². The minimum Gasteiger partial charge on any atom is -0.496 e. The lowest BCUT2D eigenvalue weighted by molar-refractivity contribution is 0.0964. The molecule has 1 fully saturated rings. The minimum atomic E-state index is 0.172. The maximum absolute atomic E-state index is 12.2. The Morgan fingerprint density at radius 1 is 1.41 bits per heavy atom. The zero-order valence-corrected chi connectivity index (χ0v) is 11.2. The molecule has 2 rings (SSSR count).